The van der Waals surface area contributed by atoms with E-state index in [4.69, 9.17) is 0 Å². The highest BCUT2D eigenvalue weighted by Gasteiger charge is 2.16. The topological polar surface area (TPSA) is 28.2 Å². The van der Waals surface area contributed by atoms with E-state index in [1.165, 1.54) is 42.6 Å². The molecule has 3 nitrogen and oxygen atoms in total. The number of aromatic nitrogens is 1. The van der Waals surface area contributed by atoms with Gasteiger partial charge in [0.25, 0.3) is 0 Å². The van der Waals surface area contributed by atoms with Gasteiger partial charge in [-0.2, -0.15) is 0 Å². The molecule has 0 atom stereocenters. The maximum absolute atomic E-state index is 4.50. The molecule has 3 rings (SSSR count). The molecule has 1 aliphatic heterocycles. The van der Waals surface area contributed by atoms with Gasteiger partial charge in [0.15, 0.2) is 0 Å². The lowest BCUT2D eigenvalue weighted by Crippen LogP contribution is -2.32. The van der Waals surface area contributed by atoms with Gasteiger partial charge in [-0.3, -0.25) is 4.98 Å². The minimum Gasteiger partial charge on any atom is -0.384 e. The molecule has 1 aliphatic rings. The number of nitrogens with one attached hydrogen (secondary N) is 1. The number of benzene rings is 1. The molecule has 3 heteroatoms. The van der Waals surface area contributed by atoms with Crippen LogP contribution in [0.1, 0.15) is 18.4 Å². The first-order valence-corrected chi connectivity index (χ1v) is 7.51. The van der Waals surface area contributed by atoms with Crippen LogP contribution in [-0.2, 0) is 0 Å². The average molecular weight is 269 g/mol. The third-order valence-electron chi connectivity index (χ3n) is 4.39. The molecule has 0 saturated carbocycles. The molecule has 1 aromatic heterocycles. The summed E-state index contributed by atoms with van der Waals surface area (Å²) in [6.07, 6.45) is 4.47. The van der Waals surface area contributed by atoms with Crippen LogP contribution in [0, 0.1) is 12.8 Å². The van der Waals surface area contributed by atoms with E-state index in [1.807, 2.05) is 12.3 Å². The van der Waals surface area contributed by atoms with Crippen molar-refractivity contribution >= 4 is 16.6 Å². The summed E-state index contributed by atoms with van der Waals surface area (Å²) < 4.78 is 0. The highest BCUT2D eigenvalue weighted by atomic mass is 15.1. The van der Waals surface area contributed by atoms with Crippen molar-refractivity contribution in [1.29, 1.82) is 0 Å². The second kappa shape index (κ2) is 5.80. The summed E-state index contributed by atoms with van der Waals surface area (Å²) in [5.41, 5.74) is 3.57. The summed E-state index contributed by atoms with van der Waals surface area (Å²) in [7, 11) is 2.21. The molecule has 2 heterocycles. The third-order valence-corrected chi connectivity index (χ3v) is 4.39. The predicted molar refractivity (Wildman–Crippen MR) is 85.2 cm³/mol. The average Bonchev–Trinajstić information content (AvgIpc) is 2.49. The van der Waals surface area contributed by atoms with Gasteiger partial charge in [-0.05, 0) is 69.6 Å². The highest BCUT2D eigenvalue weighted by molar-refractivity contribution is 5.93. The van der Waals surface area contributed by atoms with Crippen LogP contribution in [-0.4, -0.2) is 36.6 Å². The molecule has 1 saturated heterocycles. The molecule has 0 spiro atoms. The summed E-state index contributed by atoms with van der Waals surface area (Å²) in [4.78, 5) is 6.92. The number of nitrogens with zero attached hydrogens (tertiary/aromatic N) is 2. The molecule has 1 N–H and O–H groups in total. The maximum Gasteiger partial charge on any atom is 0.0751 e. The van der Waals surface area contributed by atoms with Crippen LogP contribution in [0.5, 0.6) is 0 Å². The van der Waals surface area contributed by atoms with E-state index in [0.717, 1.165) is 18.0 Å². The zero-order chi connectivity index (χ0) is 13.9. The zero-order valence-corrected chi connectivity index (χ0v) is 12.4. The fraction of sp³-hybridized carbons (Fsp3) is 0.471. The van der Waals surface area contributed by atoms with Crippen molar-refractivity contribution < 1.29 is 0 Å². The molecular formula is C17H23N3. The second-order valence-electron chi connectivity index (χ2n) is 5.96. The first-order chi connectivity index (χ1) is 9.74. The molecule has 0 radical (unpaired) electrons. The van der Waals surface area contributed by atoms with Crippen LogP contribution in [0.2, 0.25) is 0 Å². The number of aryl methyl sites for hydroxylation is 1. The molecule has 106 valence electrons. The van der Waals surface area contributed by atoms with E-state index >= 15 is 0 Å². The van der Waals surface area contributed by atoms with Gasteiger partial charge in [-0.15, -0.1) is 0 Å². The number of anilines is 1. The van der Waals surface area contributed by atoms with Crippen LogP contribution in [0.15, 0.2) is 30.5 Å². The lowest BCUT2D eigenvalue weighted by Gasteiger charge is -2.29. The number of hydrogen-bond acceptors (Lipinski definition) is 3. The summed E-state index contributed by atoms with van der Waals surface area (Å²) in [6.45, 7) is 5.64. The maximum atomic E-state index is 4.50. The molecule has 0 aliphatic carbocycles. The third kappa shape index (κ3) is 2.78. The Labute approximate surface area is 121 Å². The van der Waals surface area contributed by atoms with E-state index < -0.39 is 0 Å². The lowest BCUT2D eigenvalue weighted by atomic mass is 9.97. The second-order valence-corrected chi connectivity index (χ2v) is 5.96. The van der Waals surface area contributed by atoms with Crippen molar-refractivity contribution in [2.75, 3.05) is 32.0 Å². The van der Waals surface area contributed by atoms with Crippen LogP contribution in [0.4, 0.5) is 5.69 Å². The molecule has 0 bridgehead atoms. The van der Waals surface area contributed by atoms with E-state index in [-0.39, 0.29) is 0 Å². The number of fused-ring (bicyclic) bond motifs is 1. The van der Waals surface area contributed by atoms with Crippen LogP contribution in [0.25, 0.3) is 10.9 Å². The molecule has 1 fully saturated rings. The zero-order valence-electron chi connectivity index (χ0n) is 12.4. The summed E-state index contributed by atoms with van der Waals surface area (Å²) in [5, 5.41) is 4.88. The number of piperidine rings is 1. The molecule has 20 heavy (non-hydrogen) atoms. The number of hydrogen-bond donors (Lipinski definition) is 1. The Kier molecular flexibility index (Phi) is 3.88. The Hall–Kier alpha value is -1.61. The smallest absolute Gasteiger partial charge is 0.0751 e. The van der Waals surface area contributed by atoms with E-state index in [9.17, 15) is 0 Å². The summed E-state index contributed by atoms with van der Waals surface area (Å²) in [5.74, 6) is 0.791. The lowest BCUT2D eigenvalue weighted by molar-refractivity contribution is 0.226. The summed E-state index contributed by atoms with van der Waals surface area (Å²) >= 11 is 0. The van der Waals surface area contributed by atoms with E-state index in [0.29, 0.717) is 0 Å². The minimum absolute atomic E-state index is 0.791. The number of likely N-dealkylation sites (tertiary alicyclic amines) is 1. The molecular weight excluding hydrogens is 246 g/mol. The molecule has 0 amide bonds. The quantitative estimate of drug-likeness (QED) is 0.926. The largest absolute Gasteiger partial charge is 0.384 e. The van der Waals surface area contributed by atoms with Crippen molar-refractivity contribution in [3.63, 3.8) is 0 Å². The van der Waals surface area contributed by atoms with Gasteiger partial charge in [0.1, 0.15) is 0 Å². The van der Waals surface area contributed by atoms with Gasteiger partial charge in [0.05, 0.1) is 5.52 Å². The first kappa shape index (κ1) is 13.4. The number of pyridine rings is 1. The van der Waals surface area contributed by atoms with Gasteiger partial charge in [-0.1, -0.05) is 6.07 Å². The fourth-order valence-corrected chi connectivity index (χ4v) is 2.99. The Bertz CT molecular complexity index is 586. The van der Waals surface area contributed by atoms with Gasteiger partial charge in [-0.25, -0.2) is 0 Å². The van der Waals surface area contributed by atoms with Crippen molar-refractivity contribution in [2.45, 2.75) is 19.8 Å². The fourth-order valence-electron chi connectivity index (χ4n) is 2.99. The Balaban J connectivity index is 1.73. The van der Waals surface area contributed by atoms with Gasteiger partial charge >= 0.3 is 0 Å². The first-order valence-electron chi connectivity index (χ1n) is 7.51. The Morgan fingerprint density at radius 3 is 2.85 bits per heavy atom. The van der Waals surface area contributed by atoms with Gasteiger partial charge < -0.3 is 10.2 Å². The Morgan fingerprint density at radius 2 is 2.05 bits per heavy atom. The predicted octanol–water partition coefficient (Wildman–Crippen LogP) is 3.30. The van der Waals surface area contributed by atoms with Crippen molar-refractivity contribution in [3.8, 4) is 0 Å². The SMILES string of the molecule is Cc1ccc(NCC2CCN(C)CC2)c2cccnc12. The van der Waals surface area contributed by atoms with Crippen molar-refractivity contribution in [3.05, 3.63) is 36.0 Å². The van der Waals surface area contributed by atoms with Crippen LogP contribution >= 0.6 is 0 Å². The van der Waals surface area contributed by atoms with E-state index in [1.54, 1.807) is 0 Å². The van der Waals surface area contributed by atoms with Gasteiger partial charge in [0, 0.05) is 23.8 Å². The minimum atomic E-state index is 0.791. The normalized spacial score (nSPS) is 17.5. The summed E-state index contributed by atoms with van der Waals surface area (Å²) in [6, 6.07) is 8.52. The standard InChI is InChI=1S/C17H23N3/c1-13-5-6-16(15-4-3-9-18-17(13)15)19-12-14-7-10-20(2)11-8-14/h3-6,9,14,19H,7-8,10-12H2,1-2H3. The van der Waals surface area contributed by atoms with Crippen LogP contribution in [0.3, 0.4) is 0 Å². The van der Waals surface area contributed by atoms with Crippen molar-refractivity contribution in [2.24, 2.45) is 5.92 Å². The highest BCUT2D eigenvalue weighted by Crippen LogP contribution is 2.25. The van der Waals surface area contributed by atoms with E-state index in [2.05, 4.69) is 47.4 Å². The Morgan fingerprint density at radius 1 is 1.25 bits per heavy atom. The molecule has 2 aromatic rings. The molecule has 0 unspecified atom stereocenters. The van der Waals surface area contributed by atoms with Gasteiger partial charge in [0.2, 0.25) is 0 Å². The molecule has 1 aromatic carbocycles. The van der Waals surface area contributed by atoms with Crippen molar-refractivity contribution in [1.82, 2.24) is 9.88 Å². The van der Waals surface area contributed by atoms with Crippen LogP contribution < -0.4 is 5.32 Å². The number of rotatable bonds is 3. The monoisotopic (exact) mass is 269 g/mol.